The van der Waals surface area contributed by atoms with Crippen LogP contribution in [-0.2, 0) is 11.3 Å². The third kappa shape index (κ3) is 4.92. The van der Waals surface area contributed by atoms with Crippen LogP contribution in [0.5, 0.6) is 0 Å². The van der Waals surface area contributed by atoms with Crippen LogP contribution in [0.15, 0.2) is 58.7 Å². The van der Waals surface area contributed by atoms with Crippen molar-refractivity contribution < 1.29 is 4.79 Å². The van der Waals surface area contributed by atoms with E-state index in [-0.39, 0.29) is 23.8 Å². The highest BCUT2D eigenvalue weighted by atomic mass is 32.2. The molecule has 0 aliphatic heterocycles. The molecule has 7 heteroatoms. The molecule has 0 aliphatic carbocycles. The number of aryl methyl sites for hydroxylation is 1. The molecule has 3 aromatic rings. The zero-order valence-electron chi connectivity index (χ0n) is 16.2. The van der Waals surface area contributed by atoms with Crippen molar-refractivity contribution in [2.24, 2.45) is 0 Å². The van der Waals surface area contributed by atoms with Crippen LogP contribution < -0.4 is 10.9 Å². The maximum atomic E-state index is 12.2. The summed E-state index contributed by atoms with van der Waals surface area (Å²) in [6.07, 6.45) is 3.61. The molecule has 6 nitrogen and oxygen atoms in total. The number of thioether (sulfide) groups is 1. The first-order valence-electron chi connectivity index (χ1n) is 9.16. The van der Waals surface area contributed by atoms with Crippen LogP contribution in [0.2, 0.25) is 0 Å². The van der Waals surface area contributed by atoms with E-state index in [0.717, 1.165) is 16.5 Å². The van der Waals surface area contributed by atoms with Gasteiger partial charge in [0, 0.05) is 35.9 Å². The van der Waals surface area contributed by atoms with Gasteiger partial charge in [-0.2, -0.15) is 0 Å². The lowest BCUT2D eigenvalue weighted by atomic mass is 10.0. The number of aromatic nitrogens is 3. The number of H-pyrrole nitrogens is 1. The van der Waals surface area contributed by atoms with E-state index in [1.165, 1.54) is 17.3 Å². The predicted molar refractivity (Wildman–Crippen MR) is 112 cm³/mol. The first-order chi connectivity index (χ1) is 13.4. The lowest BCUT2D eigenvalue weighted by Gasteiger charge is -2.10. The number of hydrogen-bond acceptors (Lipinski definition) is 4. The van der Waals surface area contributed by atoms with Gasteiger partial charge in [0.05, 0.1) is 5.75 Å². The topological polar surface area (TPSA) is 79.8 Å². The Morgan fingerprint density at radius 1 is 1.21 bits per heavy atom. The van der Waals surface area contributed by atoms with Crippen LogP contribution in [0, 0.1) is 6.92 Å². The van der Waals surface area contributed by atoms with Gasteiger partial charge in [0.25, 0.3) is 5.56 Å². The van der Waals surface area contributed by atoms with Crippen LogP contribution >= 0.6 is 11.8 Å². The third-order valence-corrected chi connectivity index (χ3v) is 5.36. The average Bonchev–Trinajstić information content (AvgIpc) is 3.14. The van der Waals surface area contributed by atoms with Gasteiger partial charge in [-0.15, -0.1) is 0 Å². The van der Waals surface area contributed by atoms with Crippen molar-refractivity contribution in [2.75, 3.05) is 5.75 Å². The number of carbonyl (C=O) groups is 1. The fraction of sp³-hybridized carbons (Fsp3) is 0.286. The molecule has 2 aromatic heterocycles. The van der Waals surface area contributed by atoms with Crippen molar-refractivity contribution in [2.45, 2.75) is 38.4 Å². The largest absolute Gasteiger partial charge is 0.351 e. The molecule has 0 saturated carbocycles. The van der Waals surface area contributed by atoms with Crippen molar-refractivity contribution in [1.82, 2.24) is 19.9 Å². The van der Waals surface area contributed by atoms with Gasteiger partial charge in [0.15, 0.2) is 5.16 Å². The number of imidazole rings is 1. The summed E-state index contributed by atoms with van der Waals surface area (Å²) in [6.45, 7) is 6.35. The molecule has 0 unspecified atom stereocenters. The van der Waals surface area contributed by atoms with Gasteiger partial charge in [0.1, 0.15) is 0 Å². The standard InChI is InChI=1S/C21H24N4O2S/c1-14(2)16-6-8-18(9-7-16)25-11-10-22-21(25)28-13-19(26)23-12-17-5-4-15(3)24-20(17)27/h4-11,14H,12-13H2,1-3H3,(H,23,26)(H,24,27). The monoisotopic (exact) mass is 396 g/mol. The second-order valence-electron chi connectivity index (χ2n) is 6.89. The van der Waals surface area contributed by atoms with E-state index >= 15 is 0 Å². The highest BCUT2D eigenvalue weighted by Crippen LogP contribution is 2.22. The van der Waals surface area contributed by atoms with Crippen molar-refractivity contribution in [3.05, 3.63) is 76.0 Å². The summed E-state index contributed by atoms with van der Waals surface area (Å²) in [5, 5.41) is 3.53. The second kappa shape index (κ2) is 8.93. The number of nitrogens with zero attached hydrogens (tertiary/aromatic N) is 2. The van der Waals surface area contributed by atoms with Gasteiger partial charge in [-0.1, -0.05) is 43.8 Å². The normalized spacial score (nSPS) is 11.0. The Bertz CT molecular complexity index is 1010. The smallest absolute Gasteiger partial charge is 0.253 e. The predicted octanol–water partition coefficient (Wildman–Crippen LogP) is 3.40. The van der Waals surface area contributed by atoms with Crippen molar-refractivity contribution in [3.8, 4) is 5.69 Å². The van der Waals surface area contributed by atoms with Crippen LogP contribution in [0.4, 0.5) is 0 Å². The highest BCUT2D eigenvalue weighted by molar-refractivity contribution is 7.99. The number of carbonyl (C=O) groups excluding carboxylic acids is 1. The SMILES string of the molecule is Cc1ccc(CNC(=O)CSc2nccn2-c2ccc(C(C)C)cc2)c(=O)[nH]1. The maximum Gasteiger partial charge on any atom is 0.253 e. The lowest BCUT2D eigenvalue weighted by molar-refractivity contribution is -0.118. The Labute approximate surface area is 168 Å². The quantitative estimate of drug-likeness (QED) is 0.600. The van der Waals surface area contributed by atoms with Gasteiger partial charge in [-0.3, -0.25) is 14.2 Å². The molecule has 1 aromatic carbocycles. The number of amides is 1. The van der Waals surface area contributed by atoms with Crippen molar-refractivity contribution >= 4 is 17.7 Å². The summed E-state index contributed by atoms with van der Waals surface area (Å²) in [5.74, 6) is 0.565. The minimum atomic E-state index is -0.173. The van der Waals surface area contributed by atoms with E-state index in [0.29, 0.717) is 11.5 Å². The Balaban J connectivity index is 1.58. The zero-order chi connectivity index (χ0) is 20.1. The van der Waals surface area contributed by atoms with E-state index in [1.807, 2.05) is 23.8 Å². The molecule has 2 heterocycles. The molecule has 3 rings (SSSR count). The molecule has 28 heavy (non-hydrogen) atoms. The lowest BCUT2D eigenvalue weighted by Crippen LogP contribution is -2.28. The third-order valence-electron chi connectivity index (χ3n) is 4.39. The summed E-state index contributed by atoms with van der Waals surface area (Å²) in [5.41, 5.74) is 3.45. The molecular weight excluding hydrogens is 372 g/mol. The average molecular weight is 397 g/mol. The Morgan fingerprint density at radius 3 is 2.64 bits per heavy atom. The van der Waals surface area contributed by atoms with Crippen LogP contribution in [0.1, 0.15) is 36.6 Å². The first-order valence-corrected chi connectivity index (χ1v) is 10.1. The van der Waals surface area contributed by atoms with E-state index in [2.05, 4.69) is 53.4 Å². The van der Waals surface area contributed by atoms with Gasteiger partial charge in [-0.25, -0.2) is 4.98 Å². The van der Waals surface area contributed by atoms with Crippen LogP contribution in [-0.4, -0.2) is 26.2 Å². The summed E-state index contributed by atoms with van der Waals surface area (Å²) >= 11 is 1.36. The number of benzene rings is 1. The molecule has 146 valence electrons. The van der Waals surface area contributed by atoms with Gasteiger partial charge >= 0.3 is 0 Å². The fourth-order valence-corrected chi connectivity index (χ4v) is 3.53. The summed E-state index contributed by atoms with van der Waals surface area (Å²) < 4.78 is 1.97. The first kappa shape index (κ1) is 19.9. The molecule has 1 amide bonds. The molecule has 0 fully saturated rings. The highest BCUT2D eigenvalue weighted by Gasteiger charge is 2.10. The van der Waals surface area contributed by atoms with Crippen molar-refractivity contribution in [3.63, 3.8) is 0 Å². The molecule has 0 spiro atoms. The van der Waals surface area contributed by atoms with Crippen molar-refractivity contribution in [1.29, 1.82) is 0 Å². The number of aromatic amines is 1. The summed E-state index contributed by atoms with van der Waals surface area (Å²) in [6, 6.07) is 11.9. The number of rotatable bonds is 7. The minimum Gasteiger partial charge on any atom is -0.351 e. The minimum absolute atomic E-state index is 0.144. The number of nitrogens with one attached hydrogen (secondary N) is 2. The van der Waals surface area contributed by atoms with Gasteiger partial charge in [0.2, 0.25) is 5.91 Å². The molecule has 0 bridgehead atoms. The summed E-state index contributed by atoms with van der Waals surface area (Å²) in [4.78, 5) is 31.1. The molecule has 0 saturated heterocycles. The summed E-state index contributed by atoms with van der Waals surface area (Å²) in [7, 11) is 0. The van der Waals surface area contributed by atoms with Crippen LogP contribution in [0.25, 0.3) is 5.69 Å². The van der Waals surface area contributed by atoms with E-state index in [9.17, 15) is 9.59 Å². The Kier molecular flexibility index (Phi) is 6.36. The maximum absolute atomic E-state index is 12.2. The van der Waals surface area contributed by atoms with E-state index in [4.69, 9.17) is 0 Å². The molecule has 0 radical (unpaired) electrons. The van der Waals surface area contributed by atoms with Crippen LogP contribution in [0.3, 0.4) is 0 Å². The fourth-order valence-electron chi connectivity index (χ4n) is 2.73. The molecule has 0 aliphatic rings. The second-order valence-corrected chi connectivity index (χ2v) is 7.83. The van der Waals surface area contributed by atoms with E-state index < -0.39 is 0 Å². The zero-order valence-corrected chi connectivity index (χ0v) is 17.0. The van der Waals surface area contributed by atoms with Gasteiger partial charge in [-0.05, 0) is 36.6 Å². The molecular formula is C21H24N4O2S. The number of pyridine rings is 1. The number of hydrogen-bond donors (Lipinski definition) is 2. The Morgan fingerprint density at radius 2 is 1.96 bits per heavy atom. The Hall–Kier alpha value is -2.80. The molecule has 2 N–H and O–H groups in total. The van der Waals surface area contributed by atoms with Gasteiger partial charge < -0.3 is 10.3 Å². The van der Waals surface area contributed by atoms with E-state index in [1.54, 1.807) is 12.3 Å². The molecule has 0 atom stereocenters.